The Balaban J connectivity index is 1.22. The maximum atomic E-state index is 12.4. The Hall–Kier alpha value is -1.31. The third-order valence-electron chi connectivity index (χ3n) is 11.6. The van der Waals surface area contributed by atoms with Crippen LogP contribution in [0.25, 0.3) is 0 Å². The van der Waals surface area contributed by atoms with Gasteiger partial charge in [0.15, 0.2) is 0 Å². The van der Waals surface area contributed by atoms with Gasteiger partial charge in [0.1, 0.15) is 5.78 Å². The van der Waals surface area contributed by atoms with E-state index in [-0.39, 0.29) is 0 Å². The first-order valence-corrected chi connectivity index (χ1v) is 14.0. The van der Waals surface area contributed by atoms with Crippen molar-refractivity contribution in [2.24, 2.45) is 46.3 Å². The zero-order valence-electron chi connectivity index (χ0n) is 21.9. The van der Waals surface area contributed by atoms with Gasteiger partial charge in [0.05, 0.1) is 0 Å². The first kappa shape index (κ1) is 23.4. The standard InChI is InChI=1S/C31H47NO/c1-21(33)27-14-15-28-26-13-10-24-20-23(7-6-22-8-11-25(12-9-22)32(4)5)16-18-30(24,2)29(26)17-19-31(27,28)3/h8-9,11-12,23-24,26-29H,6-7,10,13-20H2,1-5H3/t23-,24+,26-,27+,28-,29-,30-,31+/m0/s1. The van der Waals surface area contributed by atoms with E-state index in [1.54, 1.807) is 0 Å². The molecule has 33 heavy (non-hydrogen) atoms. The molecule has 1 aromatic carbocycles. The van der Waals surface area contributed by atoms with Gasteiger partial charge in [-0.3, -0.25) is 4.79 Å². The smallest absolute Gasteiger partial charge is 0.133 e. The summed E-state index contributed by atoms with van der Waals surface area (Å²) < 4.78 is 0. The summed E-state index contributed by atoms with van der Waals surface area (Å²) >= 11 is 0. The van der Waals surface area contributed by atoms with Gasteiger partial charge in [0, 0.05) is 25.7 Å². The van der Waals surface area contributed by atoms with Gasteiger partial charge in [-0.15, -0.1) is 0 Å². The Morgan fingerprint density at radius 2 is 1.61 bits per heavy atom. The Bertz CT molecular complexity index is 858. The fourth-order valence-corrected chi connectivity index (χ4v) is 9.61. The minimum Gasteiger partial charge on any atom is -0.378 e. The number of aryl methyl sites for hydroxylation is 1. The SMILES string of the molecule is CC(=O)[C@H]1CC[C@H]2[C@@H]3CC[C@@H]4C[C@@H](CCc5ccc(N(C)C)cc5)CC[C@]4(C)[C@H]3CC[C@]12C. The van der Waals surface area contributed by atoms with Gasteiger partial charge in [0.25, 0.3) is 0 Å². The quantitative estimate of drug-likeness (QED) is 0.462. The van der Waals surface area contributed by atoms with Crippen molar-refractivity contribution in [1.82, 2.24) is 0 Å². The number of carbonyl (C=O) groups is 1. The Kier molecular flexibility index (Phi) is 6.19. The molecule has 0 saturated heterocycles. The van der Waals surface area contributed by atoms with Crippen LogP contribution in [0.1, 0.15) is 90.5 Å². The number of hydrogen-bond acceptors (Lipinski definition) is 2. The molecule has 0 heterocycles. The molecule has 2 nitrogen and oxygen atoms in total. The van der Waals surface area contributed by atoms with Crippen LogP contribution in [-0.4, -0.2) is 19.9 Å². The summed E-state index contributed by atoms with van der Waals surface area (Å²) in [6.07, 6.45) is 15.0. The van der Waals surface area contributed by atoms with Gasteiger partial charge in [-0.25, -0.2) is 0 Å². The third-order valence-corrected chi connectivity index (χ3v) is 11.6. The molecule has 2 heteroatoms. The number of hydrogen-bond donors (Lipinski definition) is 0. The minimum absolute atomic E-state index is 0.301. The van der Waals surface area contributed by atoms with Crippen LogP contribution in [0.4, 0.5) is 5.69 Å². The summed E-state index contributed by atoms with van der Waals surface area (Å²) in [5.74, 6) is 5.27. The summed E-state index contributed by atoms with van der Waals surface area (Å²) in [4.78, 5) is 14.6. The van der Waals surface area contributed by atoms with Gasteiger partial charge >= 0.3 is 0 Å². The fraction of sp³-hybridized carbons (Fsp3) is 0.774. The van der Waals surface area contributed by atoms with Gasteiger partial charge in [-0.1, -0.05) is 26.0 Å². The summed E-state index contributed by atoms with van der Waals surface area (Å²) in [5, 5.41) is 0. The normalized spacial score (nSPS) is 42.2. The lowest BCUT2D eigenvalue weighted by Gasteiger charge is -2.61. The first-order valence-electron chi connectivity index (χ1n) is 14.0. The molecule has 182 valence electrons. The topological polar surface area (TPSA) is 20.3 Å². The van der Waals surface area contributed by atoms with Crippen LogP contribution in [0.5, 0.6) is 0 Å². The molecule has 1 aromatic rings. The average Bonchev–Trinajstić information content (AvgIpc) is 3.15. The van der Waals surface area contributed by atoms with Crippen molar-refractivity contribution < 1.29 is 4.79 Å². The summed E-state index contributed by atoms with van der Waals surface area (Å²) in [6.45, 7) is 7.04. The van der Waals surface area contributed by atoms with Crippen LogP contribution in [-0.2, 0) is 11.2 Å². The largest absolute Gasteiger partial charge is 0.378 e. The molecule has 0 unspecified atom stereocenters. The second kappa shape index (κ2) is 8.72. The number of anilines is 1. The maximum absolute atomic E-state index is 12.4. The first-order chi connectivity index (χ1) is 15.7. The van der Waals surface area contributed by atoms with Crippen molar-refractivity contribution >= 4 is 11.5 Å². The van der Waals surface area contributed by atoms with Crippen LogP contribution in [0.15, 0.2) is 24.3 Å². The highest BCUT2D eigenvalue weighted by Gasteiger charge is 2.60. The van der Waals surface area contributed by atoms with Crippen molar-refractivity contribution in [1.29, 1.82) is 0 Å². The highest BCUT2D eigenvalue weighted by molar-refractivity contribution is 5.79. The fourth-order valence-electron chi connectivity index (χ4n) is 9.61. The van der Waals surface area contributed by atoms with Gasteiger partial charge < -0.3 is 4.90 Å². The van der Waals surface area contributed by atoms with E-state index in [1.807, 2.05) is 6.92 Å². The van der Waals surface area contributed by atoms with Gasteiger partial charge in [-0.05, 0) is 136 Å². The molecule has 5 rings (SSSR count). The molecule has 0 aromatic heterocycles. The van der Waals surface area contributed by atoms with Crippen molar-refractivity contribution in [2.45, 2.75) is 91.4 Å². The molecule has 0 spiro atoms. The minimum atomic E-state index is 0.301. The molecule has 0 aliphatic heterocycles. The number of nitrogens with zero attached hydrogens (tertiary/aromatic N) is 1. The average molecular weight is 450 g/mol. The number of fused-ring (bicyclic) bond motifs is 5. The van der Waals surface area contributed by atoms with Crippen LogP contribution < -0.4 is 4.90 Å². The Morgan fingerprint density at radius 1 is 0.909 bits per heavy atom. The molecule has 4 aliphatic carbocycles. The van der Waals surface area contributed by atoms with E-state index in [9.17, 15) is 4.79 Å². The van der Waals surface area contributed by atoms with Crippen LogP contribution >= 0.6 is 0 Å². The second-order valence-corrected chi connectivity index (χ2v) is 13.2. The number of benzene rings is 1. The predicted octanol–water partition coefficient (Wildman–Crippen LogP) is 7.55. The molecular weight excluding hydrogens is 402 g/mol. The van der Waals surface area contributed by atoms with E-state index < -0.39 is 0 Å². The molecule has 8 atom stereocenters. The molecule has 4 saturated carbocycles. The van der Waals surface area contributed by atoms with Gasteiger partial charge in [0.2, 0.25) is 0 Å². The van der Waals surface area contributed by atoms with E-state index in [4.69, 9.17) is 0 Å². The summed E-state index contributed by atoms with van der Waals surface area (Å²) in [5.41, 5.74) is 3.66. The molecule has 0 amide bonds. The van der Waals surface area contributed by atoms with Crippen LogP contribution in [0.3, 0.4) is 0 Å². The Morgan fingerprint density at radius 3 is 2.30 bits per heavy atom. The van der Waals surface area contributed by atoms with Crippen molar-refractivity contribution in [3.05, 3.63) is 29.8 Å². The van der Waals surface area contributed by atoms with Gasteiger partial charge in [-0.2, -0.15) is 0 Å². The predicted molar refractivity (Wildman–Crippen MR) is 138 cm³/mol. The lowest BCUT2D eigenvalue weighted by Crippen LogP contribution is -2.53. The molecule has 0 N–H and O–H groups in total. The number of rotatable bonds is 5. The van der Waals surface area contributed by atoms with E-state index in [1.165, 1.54) is 75.5 Å². The summed E-state index contributed by atoms with van der Waals surface area (Å²) in [7, 11) is 4.23. The molecular formula is C31H47NO. The zero-order valence-corrected chi connectivity index (χ0v) is 21.9. The highest BCUT2D eigenvalue weighted by atomic mass is 16.1. The summed E-state index contributed by atoms with van der Waals surface area (Å²) in [6, 6.07) is 9.21. The zero-order chi connectivity index (χ0) is 23.4. The van der Waals surface area contributed by atoms with E-state index in [0.717, 1.165) is 36.0 Å². The lowest BCUT2D eigenvalue weighted by molar-refractivity contribution is -0.135. The van der Waals surface area contributed by atoms with E-state index in [0.29, 0.717) is 22.5 Å². The van der Waals surface area contributed by atoms with Crippen molar-refractivity contribution in [3.8, 4) is 0 Å². The monoisotopic (exact) mass is 449 g/mol. The highest BCUT2D eigenvalue weighted by Crippen LogP contribution is 2.67. The number of ketones is 1. The maximum Gasteiger partial charge on any atom is 0.133 e. The van der Waals surface area contributed by atoms with Crippen molar-refractivity contribution in [3.63, 3.8) is 0 Å². The van der Waals surface area contributed by atoms with E-state index >= 15 is 0 Å². The second-order valence-electron chi connectivity index (χ2n) is 13.2. The third kappa shape index (κ3) is 3.98. The molecule has 0 bridgehead atoms. The van der Waals surface area contributed by atoms with Crippen molar-refractivity contribution in [2.75, 3.05) is 19.0 Å². The number of Topliss-reactive ketones (excluding diaryl/α,β-unsaturated/α-hetero) is 1. The number of carbonyl (C=O) groups excluding carboxylic acids is 1. The molecule has 0 radical (unpaired) electrons. The molecule has 4 aliphatic rings. The van der Waals surface area contributed by atoms with Crippen LogP contribution in [0, 0.1) is 46.3 Å². The van der Waals surface area contributed by atoms with Crippen LogP contribution in [0.2, 0.25) is 0 Å². The van der Waals surface area contributed by atoms with E-state index in [2.05, 4.69) is 57.1 Å². The lowest BCUT2D eigenvalue weighted by atomic mass is 9.44. The molecule has 4 fully saturated rings. The Labute approximate surface area is 202 Å².